The zero-order valence-electron chi connectivity index (χ0n) is 12.9. The molecule has 0 unspecified atom stereocenters. The van der Waals surface area contributed by atoms with Crippen molar-refractivity contribution in [2.75, 3.05) is 26.2 Å². The number of piperazine rings is 1. The molecule has 0 spiro atoms. The Labute approximate surface area is 145 Å². The lowest BCUT2D eigenvalue weighted by Crippen LogP contribution is -3.13. The molecule has 0 atom stereocenters. The molecule has 1 aliphatic heterocycles. The lowest BCUT2D eigenvalue weighted by molar-refractivity contribution is -0.917. The van der Waals surface area contributed by atoms with Gasteiger partial charge < -0.3 is 9.80 Å². The van der Waals surface area contributed by atoms with E-state index in [2.05, 4.69) is 6.07 Å². The summed E-state index contributed by atoms with van der Waals surface area (Å²) in [5.74, 6) is 0.111. The summed E-state index contributed by atoms with van der Waals surface area (Å²) in [5, 5.41) is 2.80. The maximum atomic E-state index is 12.2. The summed E-state index contributed by atoms with van der Waals surface area (Å²) in [6.07, 6.45) is 3.59. The topological polar surface area (TPSA) is 24.8 Å². The predicted molar refractivity (Wildman–Crippen MR) is 95.8 cm³/mol. The lowest BCUT2D eigenvalue weighted by atomic mass is 10.2. The first-order chi connectivity index (χ1) is 11.2. The van der Waals surface area contributed by atoms with Gasteiger partial charge >= 0.3 is 0 Å². The smallest absolute Gasteiger partial charge is 0.247 e. The Morgan fingerprint density at radius 2 is 2.09 bits per heavy atom. The maximum absolute atomic E-state index is 12.2. The van der Waals surface area contributed by atoms with Crippen LogP contribution in [0.25, 0.3) is 6.08 Å². The van der Waals surface area contributed by atoms with Gasteiger partial charge in [0.1, 0.15) is 6.54 Å². The first-order valence-electron chi connectivity index (χ1n) is 7.79. The number of rotatable bonds is 4. The summed E-state index contributed by atoms with van der Waals surface area (Å²) in [4.78, 5) is 16.8. The van der Waals surface area contributed by atoms with Gasteiger partial charge in [0.15, 0.2) is 0 Å². The summed E-state index contributed by atoms with van der Waals surface area (Å²) >= 11 is 7.68. The zero-order valence-corrected chi connectivity index (χ0v) is 14.4. The van der Waals surface area contributed by atoms with Gasteiger partial charge in [0.05, 0.1) is 26.2 Å². The fraction of sp³-hybridized carbons (Fsp3) is 0.278. The van der Waals surface area contributed by atoms with E-state index in [-0.39, 0.29) is 5.91 Å². The molecule has 1 N–H and O–H groups in total. The van der Waals surface area contributed by atoms with Gasteiger partial charge in [-0.15, -0.1) is 11.3 Å². The normalized spacial score (nSPS) is 16.1. The van der Waals surface area contributed by atoms with E-state index in [1.165, 1.54) is 10.5 Å². The lowest BCUT2D eigenvalue weighted by Gasteiger charge is -2.31. The van der Waals surface area contributed by atoms with Gasteiger partial charge in [-0.05, 0) is 29.7 Å². The minimum absolute atomic E-state index is 0.111. The van der Waals surface area contributed by atoms with E-state index in [1.54, 1.807) is 17.4 Å². The second-order valence-electron chi connectivity index (χ2n) is 5.73. The first-order valence-corrected chi connectivity index (χ1v) is 9.05. The number of carbonyl (C=O) groups is 1. The van der Waals surface area contributed by atoms with Crippen molar-refractivity contribution in [1.29, 1.82) is 0 Å². The van der Waals surface area contributed by atoms with Crippen molar-refractivity contribution in [3.8, 4) is 0 Å². The number of quaternary nitrogens is 1. The van der Waals surface area contributed by atoms with Gasteiger partial charge in [-0.25, -0.2) is 0 Å². The van der Waals surface area contributed by atoms with E-state index in [9.17, 15) is 4.79 Å². The molecule has 1 amide bonds. The Bertz CT molecular complexity index is 676. The van der Waals surface area contributed by atoms with Crippen molar-refractivity contribution in [1.82, 2.24) is 4.90 Å². The van der Waals surface area contributed by atoms with Crippen LogP contribution < -0.4 is 4.90 Å². The summed E-state index contributed by atoms with van der Waals surface area (Å²) < 4.78 is 0. The van der Waals surface area contributed by atoms with Crippen molar-refractivity contribution < 1.29 is 9.69 Å². The Kier molecular flexibility index (Phi) is 5.49. The minimum Gasteiger partial charge on any atom is -0.328 e. The molecule has 3 rings (SSSR count). The number of thiophene rings is 1. The maximum Gasteiger partial charge on any atom is 0.247 e. The van der Waals surface area contributed by atoms with Gasteiger partial charge in [-0.2, -0.15) is 0 Å². The highest BCUT2D eigenvalue weighted by molar-refractivity contribution is 7.10. The summed E-state index contributed by atoms with van der Waals surface area (Å²) in [6.45, 7) is 4.54. The molecule has 0 aliphatic carbocycles. The van der Waals surface area contributed by atoms with E-state index in [1.807, 2.05) is 46.7 Å². The van der Waals surface area contributed by atoms with E-state index >= 15 is 0 Å². The number of amides is 1. The number of halogens is 1. The average Bonchev–Trinajstić information content (AvgIpc) is 3.07. The molecule has 5 heteroatoms. The predicted octanol–water partition coefficient (Wildman–Crippen LogP) is 2.34. The van der Waals surface area contributed by atoms with Crippen LogP contribution in [0.2, 0.25) is 5.02 Å². The third-order valence-electron chi connectivity index (χ3n) is 4.06. The van der Waals surface area contributed by atoms with Crippen LogP contribution in [-0.4, -0.2) is 37.0 Å². The third kappa shape index (κ3) is 4.67. The molecule has 2 heterocycles. The summed E-state index contributed by atoms with van der Waals surface area (Å²) in [7, 11) is 0. The third-order valence-corrected chi connectivity index (χ3v) is 5.13. The number of benzene rings is 1. The van der Waals surface area contributed by atoms with Crippen LogP contribution in [0, 0.1) is 0 Å². The quantitative estimate of drug-likeness (QED) is 0.844. The molecule has 1 aliphatic rings. The van der Waals surface area contributed by atoms with Crippen molar-refractivity contribution in [3.05, 3.63) is 63.3 Å². The molecule has 2 aromatic rings. The van der Waals surface area contributed by atoms with Gasteiger partial charge in [-0.1, -0.05) is 29.8 Å². The zero-order chi connectivity index (χ0) is 16.1. The fourth-order valence-corrected chi connectivity index (χ4v) is 3.63. The second-order valence-corrected chi connectivity index (χ2v) is 7.15. The highest BCUT2D eigenvalue weighted by Crippen LogP contribution is 2.11. The molecule has 1 fully saturated rings. The molecule has 1 aromatic heterocycles. The Morgan fingerprint density at radius 1 is 1.26 bits per heavy atom. The standard InChI is InChI=1S/C18H19ClN2OS/c19-16-4-1-3-15(13-16)14-20-8-10-21(11-9-20)18(22)7-6-17-5-2-12-23-17/h1-7,12-13H,8-11,14H2/p+1/b7-6+. The van der Waals surface area contributed by atoms with Gasteiger partial charge in [-0.3, -0.25) is 4.79 Å². The summed E-state index contributed by atoms with van der Waals surface area (Å²) in [6, 6.07) is 12.0. The van der Waals surface area contributed by atoms with Gasteiger partial charge in [0, 0.05) is 21.5 Å². The average molecular weight is 348 g/mol. The minimum atomic E-state index is 0.111. The SMILES string of the molecule is O=C(/C=C/c1cccs1)N1CC[NH+](Cc2cccc(Cl)c2)CC1. The van der Waals surface area contributed by atoms with Crippen molar-refractivity contribution in [3.63, 3.8) is 0 Å². The molecule has 3 nitrogen and oxygen atoms in total. The second kappa shape index (κ2) is 7.77. The van der Waals surface area contributed by atoms with Crippen molar-refractivity contribution in [2.24, 2.45) is 0 Å². The van der Waals surface area contributed by atoms with E-state index < -0.39 is 0 Å². The molecular formula is C18H20ClN2OS+. The first kappa shape index (κ1) is 16.2. The van der Waals surface area contributed by atoms with Gasteiger partial charge in [0.2, 0.25) is 5.91 Å². The number of carbonyl (C=O) groups excluding carboxylic acids is 1. The van der Waals surface area contributed by atoms with E-state index in [4.69, 9.17) is 11.6 Å². The largest absolute Gasteiger partial charge is 0.328 e. The number of nitrogens with one attached hydrogen (secondary N) is 1. The van der Waals surface area contributed by atoms with Crippen LogP contribution in [0.15, 0.2) is 47.9 Å². The fourth-order valence-electron chi connectivity index (χ4n) is 2.80. The van der Waals surface area contributed by atoms with Crippen LogP contribution >= 0.6 is 22.9 Å². The monoisotopic (exact) mass is 347 g/mol. The molecule has 120 valence electrons. The highest BCUT2D eigenvalue weighted by atomic mass is 35.5. The number of nitrogens with zero attached hydrogens (tertiary/aromatic N) is 1. The number of hydrogen-bond donors (Lipinski definition) is 1. The van der Waals surface area contributed by atoms with Crippen LogP contribution in [0.1, 0.15) is 10.4 Å². The van der Waals surface area contributed by atoms with Crippen LogP contribution in [-0.2, 0) is 11.3 Å². The molecule has 0 radical (unpaired) electrons. The van der Waals surface area contributed by atoms with E-state index in [0.29, 0.717) is 0 Å². The molecule has 0 saturated carbocycles. The highest BCUT2D eigenvalue weighted by Gasteiger charge is 2.22. The van der Waals surface area contributed by atoms with E-state index in [0.717, 1.165) is 42.6 Å². The molecule has 1 saturated heterocycles. The molecule has 0 bridgehead atoms. The molecule has 23 heavy (non-hydrogen) atoms. The van der Waals surface area contributed by atoms with Crippen LogP contribution in [0.4, 0.5) is 0 Å². The number of hydrogen-bond acceptors (Lipinski definition) is 2. The van der Waals surface area contributed by atoms with Crippen LogP contribution in [0.5, 0.6) is 0 Å². The van der Waals surface area contributed by atoms with Crippen molar-refractivity contribution >= 4 is 34.9 Å². The Morgan fingerprint density at radius 3 is 2.78 bits per heavy atom. The summed E-state index contributed by atoms with van der Waals surface area (Å²) in [5.41, 5.74) is 1.25. The Hall–Kier alpha value is -1.62. The van der Waals surface area contributed by atoms with Crippen molar-refractivity contribution in [2.45, 2.75) is 6.54 Å². The van der Waals surface area contributed by atoms with Gasteiger partial charge in [0.25, 0.3) is 0 Å². The molecular weight excluding hydrogens is 328 g/mol. The Balaban J connectivity index is 1.49. The van der Waals surface area contributed by atoms with Crippen LogP contribution in [0.3, 0.4) is 0 Å². The molecule has 1 aromatic carbocycles.